The van der Waals surface area contributed by atoms with Crippen molar-refractivity contribution >= 4 is 5.69 Å². The first-order valence-electron chi connectivity index (χ1n) is 5.83. The van der Waals surface area contributed by atoms with Crippen LogP contribution >= 0.6 is 0 Å². The highest BCUT2D eigenvalue weighted by Gasteiger charge is 2.09. The number of nitrogens with zero attached hydrogens (tertiary/aromatic N) is 2. The van der Waals surface area contributed by atoms with Gasteiger partial charge in [-0.15, -0.1) is 0 Å². The largest absolute Gasteiger partial charge is 0.508 e. The van der Waals surface area contributed by atoms with Crippen LogP contribution in [-0.4, -0.2) is 36.8 Å². The Morgan fingerprint density at radius 1 is 1.44 bits per heavy atom. The number of phenols is 1. The number of aromatic hydroxyl groups is 1. The minimum Gasteiger partial charge on any atom is -0.508 e. The predicted molar refractivity (Wildman–Crippen MR) is 69.9 cm³/mol. The Bertz CT molecular complexity index is 415. The van der Waals surface area contributed by atoms with E-state index in [1.165, 1.54) is 0 Å². The number of benzene rings is 1. The summed E-state index contributed by atoms with van der Waals surface area (Å²) in [5.41, 5.74) is 7.08. The number of methoxy groups -OCH3 is 1. The molecule has 5 nitrogen and oxygen atoms in total. The highest BCUT2D eigenvalue weighted by Crippen LogP contribution is 2.21. The summed E-state index contributed by atoms with van der Waals surface area (Å²) >= 11 is 0. The smallest absolute Gasteiger partial charge is 0.120 e. The first-order valence-corrected chi connectivity index (χ1v) is 5.83. The summed E-state index contributed by atoms with van der Waals surface area (Å²) in [5.74, 6) is 0.226. The molecule has 0 amide bonds. The maximum Gasteiger partial charge on any atom is 0.120 e. The normalized spacial score (nSPS) is 10.5. The molecule has 0 atom stereocenters. The van der Waals surface area contributed by atoms with Crippen LogP contribution in [0.1, 0.15) is 12.0 Å². The summed E-state index contributed by atoms with van der Waals surface area (Å²) in [6.07, 6.45) is 0.451. The van der Waals surface area contributed by atoms with Crippen molar-refractivity contribution in [1.29, 1.82) is 5.26 Å². The molecule has 0 unspecified atom stereocenters. The van der Waals surface area contributed by atoms with E-state index in [-0.39, 0.29) is 5.75 Å². The Morgan fingerprint density at radius 3 is 2.89 bits per heavy atom. The Hall–Kier alpha value is -1.77. The third-order valence-corrected chi connectivity index (χ3v) is 2.65. The molecule has 0 fully saturated rings. The first kappa shape index (κ1) is 14.3. The summed E-state index contributed by atoms with van der Waals surface area (Å²) in [6.45, 7) is 2.51. The molecule has 3 N–H and O–H groups in total. The first-order chi connectivity index (χ1) is 8.67. The lowest BCUT2D eigenvalue weighted by atomic mass is 10.1. The Morgan fingerprint density at radius 2 is 2.22 bits per heavy atom. The molecule has 0 aliphatic rings. The van der Waals surface area contributed by atoms with Gasteiger partial charge in [0.05, 0.1) is 12.7 Å². The van der Waals surface area contributed by atoms with Crippen LogP contribution in [0.4, 0.5) is 5.69 Å². The van der Waals surface area contributed by atoms with E-state index in [4.69, 9.17) is 15.7 Å². The van der Waals surface area contributed by atoms with Crippen molar-refractivity contribution in [3.63, 3.8) is 0 Å². The molecule has 0 bridgehead atoms. The van der Waals surface area contributed by atoms with Gasteiger partial charge in [-0.1, -0.05) is 0 Å². The fourth-order valence-corrected chi connectivity index (χ4v) is 1.67. The SMILES string of the molecule is COCCN(CCC#N)Cc1cc(N)ccc1O. The fourth-order valence-electron chi connectivity index (χ4n) is 1.67. The molecule has 0 radical (unpaired) electrons. The summed E-state index contributed by atoms with van der Waals surface area (Å²) in [4.78, 5) is 2.06. The van der Waals surface area contributed by atoms with Crippen LogP contribution in [0.2, 0.25) is 0 Å². The van der Waals surface area contributed by atoms with Crippen LogP contribution < -0.4 is 5.73 Å². The summed E-state index contributed by atoms with van der Waals surface area (Å²) in [7, 11) is 1.64. The number of nitriles is 1. The van der Waals surface area contributed by atoms with Crippen molar-refractivity contribution in [1.82, 2.24) is 4.90 Å². The lowest BCUT2D eigenvalue weighted by Crippen LogP contribution is -2.28. The molecule has 18 heavy (non-hydrogen) atoms. The van der Waals surface area contributed by atoms with Crippen LogP contribution in [0, 0.1) is 11.3 Å². The van der Waals surface area contributed by atoms with Crippen LogP contribution in [-0.2, 0) is 11.3 Å². The van der Waals surface area contributed by atoms with Gasteiger partial charge in [0, 0.05) is 44.4 Å². The molecule has 0 heterocycles. The van der Waals surface area contributed by atoms with Gasteiger partial charge in [-0.25, -0.2) is 0 Å². The third kappa shape index (κ3) is 4.62. The summed E-state index contributed by atoms with van der Waals surface area (Å²) < 4.78 is 5.03. The van der Waals surface area contributed by atoms with Gasteiger partial charge in [-0.2, -0.15) is 5.26 Å². The number of nitrogen functional groups attached to an aromatic ring is 1. The van der Waals surface area contributed by atoms with Crippen LogP contribution in [0.25, 0.3) is 0 Å². The highest BCUT2D eigenvalue weighted by atomic mass is 16.5. The van der Waals surface area contributed by atoms with E-state index in [1.54, 1.807) is 25.3 Å². The molecular formula is C13H19N3O2. The minimum atomic E-state index is 0.226. The van der Waals surface area contributed by atoms with Gasteiger partial charge in [0.25, 0.3) is 0 Å². The minimum absolute atomic E-state index is 0.226. The average molecular weight is 249 g/mol. The van der Waals surface area contributed by atoms with Gasteiger partial charge in [-0.3, -0.25) is 4.90 Å². The zero-order chi connectivity index (χ0) is 13.4. The van der Waals surface area contributed by atoms with E-state index >= 15 is 0 Å². The Balaban J connectivity index is 2.68. The van der Waals surface area contributed by atoms with Crippen molar-refractivity contribution in [2.45, 2.75) is 13.0 Å². The number of anilines is 1. The van der Waals surface area contributed by atoms with Crippen LogP contribution in [0.5, 0.6) is 5.75 Å². The lowest BCUT2D eigenvalue weighted by molar-refractivity contribution is 0.145. The number of rotatable bonds is 7. The second-order valence-corrected chi connectivity index (χ2v) is 4.07. The zero-order valence-corrected chi connectivity index (χ0v) is 10.6. The van der Waals surface area contributed by atoms with Gasteiger partial charge in [0.1, 0.15) is 5.75 Å². The van der Waals surface area contributed by atoms with E-state index in [2.05, 4.69) is 11.0 Å². The van der Waals surface area contributed by atoms with Gasteiger partial charge in [0.15, 0.2) is 0 Å². The highest BCUT2D eigenvalue weighted by molar-refractivity contribution is 5.47. The Kier molecular flexibility index (Phi) is 5.98. The van der Waals surface area contributed by atoms with Crippen molar-refractivity contribution in [2.75, 3.05) is 32.5 Å². The van der Waals surface area contributed by atoms with Crippen molar-refractivity contribution in [3.8, 4) is 11.8 Å². The van der Waals surface area contributed by atoms with Gasteiger partial charge < -0.3 is 15.6 Å². The third-order valence-electron chi connectivity index (χ3n) is 2.65. The van der Waals surface area contributed by atoms with Gasteiger partial charge >= 0.3 is 0 Å². The second kappa shape index (κ2) is 7.54. The summed E-state index contributed by atoms with van der Waals surface area (Å²) in [5, 5.41) is 18.4. The molecule has 0 spiro atoms. The zero-order valence-electron chi connectivity index (χ0n) is 10.6. The van der Waals surface area contributed by atoms with Gasteiger partial charge in [0.2, 0.25) is 0 Å². The van der Waals surface area contributed by atoms with Gasteiger partial charge in [-0.05, 0) is 18.2 Å². The van der Waals surface area contributed by atoms with E-state index in [9.17, 15) is 5.11 Å². The van der Waals surface area contributed by atoms with Crippen molar-refractivity contribution in [3.05, 3.63) is 23.8 Å². The molecule has 0 aromatic heterocycles. The number of phenolic OH excluding ortho intramolecular Hbond substituents is 1. The maximum absolute atomic E-state index is 9.76. The molecule has 0 aliphatic carbocycles. The van der Waals surface area contributed by atoms with E-state index in [1.807, 2.05) is 0 Å². The van der Waals surface area contributed by atoms with E-state index in [0.29, 0.717) is 38.3 Å². The van der Waals surface area contributed by atoms with Crippen LogP contribution in [0.15, 0.2) is 18.2 Å². The molecule has 98 valence electrons. The quantitative estimate of drug-likeness (QED) is 0.563. The predicted octanol–water partition coefficient (Wildman–Crippen LogP) is 1.34. The van der Waals surface area contributed by atoms with Crippen molar-refractivity contribution in [2.24, 2.45) is 0 Å². The monoisotopic (exact) mass is 249 g/mol. The molecule has 1 aromatic rings. The topological polar surface area (TPSA) is 82.5 Å². The standard InChI is InChI=1S/C13H19N3O2/c1-18-8-7-16(6-2-5-14)10-11-9-12(15)3-4-13(11)17/h3-4,9,17H,2,6-8,10,15H2,1H3. The maximum atomic E-state index is 9.76. The van der Waals surface area contributed by atoms with Crippen LogP contribution in [0.3, 0.4) is 0 Å². The fraction of sp³-hybridized carbons (Fsp3) is 0.462. The average Bonchev–Trinajstić information content (AvgIpc) is 2.37. The Labute approximate surface area is 107 Å². The number of hydrogen-bond acceptors (Lipinski definition) is 5. The van der Waals surface area contributed by atoms with E-state index < -0.39 is 0 Å². The number of nitrogens with two attached hydrogens (primary N) is 1. The lowest BCUT2D eigenvalue weighted by Gasteiger charge is -2.21. The molecule has 1 rings (SSSR count). The molecular weight excluding hydrogens is 230 g/mol. The van der Waals surface area contributed by atoms with E-state index in [0.717, 1.165) is 5.56 Å². The number of hydrogen-bond donors (Lipinski definition) is 2. The molecule has 0 aliphatic heterocycles. The molecule has 5 heteroatoms. The molecule has 1 aromatic carbocycles. The second-order valence-electron chi connectivity index (χ2n) is 4.07. The number of ether oxygens (including phenoxy) is 1. The van der Waals surface area contributed by atoms with Crippen molar-refractivity contribution < 1.29 is 9.84 Å². The molecule has 0 saturated heterocycles. The summed E-state index contributed by atoms with van der Waals surface area (Å²) in [6, 6.07) is 7.12. The molecule has 0 saturated carbocycles.